The van der Waals surface area contributed by atoms with Crippen LogP contribution in [0, 0.1) is 5.41 Å². The number of carbonyl (C=O) groups excluding carboxylic acids is 1. The molecule has 2 heteroatoms. The molecule has 0 spiro atoms. The number of aryl methyl sites for hydroxylation is 1. The summed E-state index contributed by atoms with van der Waals surface area (Å²) in [5, 5.41) is 0.751. The van der Waals surface area contributed by atoms with Gasteiger partial charge in [-0.25, -0.2) is 0 Å². The largest absolute Gasteiger partial charge is 0.294 e. The first-order chi connectivity index (χ1) is 8.23. The first-order valence-electron chi connectivity index (χ1n) is 6.03. The van der Waals surface area contributed by atoms with Gasteiger partial charge in [-0.2, -0.15) is 0 Å². The van der Waals surface area contributed by atoms with Crippen LogP contribution in [-0.2, 0) is 6.42 Å². The minimum atomic E-state index is -0.220. The molecule has 2 rings (SSSR count). The molecule has 0 aromatic heterocycles. The number of carbonyl (C=O) groups is 1. The lowest BCUT2D eigenvalue weighted by Crippen LogP contribution is -2.37. The topological polar surface area (TPSA) is 17.1 Å². The van der Waals surface area contributed by atoms with Crippen molar-refractivity contribution in [2.24, 2.45) is 5.41 Å². The van der Waals surface area contributed by atoms with Crippen molar-refractivity contribution in [2.75, 3.05) is 5.33 Å². The van der Waals surface area contributed by atoms with Gasteiger partial charge < -0.3 is 0 Å². The molecule has 0 bridgehead atoms. The fourth-order valence-corrected chi connectivity index (χ4v) is 3.36. The molecule has 0 amide bonds. The van der Waals surface area contributed by atoms with Crippen LogP contribution in [0.2, 0.25) is 0 Å². The van der Waals surface area contributed by atoms with Crippen molar-refractivity contribution in [3.63, 3.8) is 0 Å². The van der Waals surface area contributed by atoms with E-state index in [9.17, 15) is 4.79 Å². The molecule has 0 fully saturated rings. The minimum Gasteiger partial charge on any atom is -0.294 e. The average Bonchev–Trinajstić information content (AvgIpc) is 2.39. The van der Waals surface area contributed by atoms with Crippen molar-refractivity contribution in [3.05, 3.63) is 48.0 Å². The summed E-state index contributed by atoms with van der Waals surface area (Å²) in [5.74, 6) is 0.304. The van der Waals surface area contributed by atoms with Crippen LogP contribution in [-0.4, -0.2) is 11.1 Å². The molecular formula is C15H17BrO. The smallest absolute Gasteiger partial charge is 0.170 e. The fourth-order valence-electron chi connectivity index (χ4n) is 2.54. The highest BCUT2D eigenvalue weighted by Crippen LogP contribution is 2.40. The summed E-state index contributed by atoms with van der Waals surface area (Å²) < 4.78 is 0. The third-order valence-corrected chi connectivity index (χ3v) is 4.77. The van der Waals surface area contributed by atoms with Gasteiger partial charge >= 0.3 is 0 Å². The second-order valence-electron chi connectivity index (χ2n) is 4.73. The van der Waals surface area contributed by atoms with Gasteiger partial charge in [-0.1, -0.05) is 46.3 Å². The molecule has 0 N–H and O–H groups in total. The molecule has 1 aromatic rings. The molecule has 17 heavy (non-hydrogen) atoms. The maximum Gasteiger partial charge on any atom is 0.170 e. The van der Waals surface area contributed by atoms with E-state index in [4.69, 9.17) is 0 Å². The number of hydrogen-bond donors (Lipinski definition) is 0. The lowest BCUT2D eigenvalue weighted by Gasteiger charge is -2.35. The van der Waals surface area contributed by atoms with Crippen LogP contribution in [0.15, 0.2) is 36.9 Å². The SMILES string of the molecule is C=CCCC1(CBr)CCc2ccccc2C1=O. The molecule has 0 saturated heterocycles. The molecular weight excluding hydrogens is 276 g/mol. The van der Waals surface area contributed by atoms with Gasteiger partial charge in [0.05, 0.1) is 0 Å². The number of rotatable bonds is 4. The summed E-state index contributed by atoms with van der Waals surface area (Å²) in [5.41, 5.74) is 1.90. The lowest BCUT2D eigenvalue weighted by atomic mass is 9.69. The molecule has 0 radical (unpaired) electrons. The van der Waals surface area contributed by atoms with Crippen molar-refractivity contribution in [1.82, 2.24) is 0 Å². The second-order valence-corrected chi connectivity index (χ2v) is 5.29. The molecule has 90 valence electrons. The molecule has 0 saturated carbocycles. The number of halogens is 1. The Morgan fingerprint density at radius 3 is 2.88 bits per heavy atom. The van der Waals surface area contributed by atoms with E-state index in [1.54, 1.807) is 0 Å². The quantitative estimate of drug-likeness (QED) is 0.601. The summed E-state index contributed by atoms with van der Waals surface area (Å²) in [6, 6.07) is 7.99. The van der Waals surface area contributed by atoms with E-state index in [1.807, 2.05) is 24.3 Å². The Morgan fingerprint density at radius 1 is 1.41 bits per heavy atom. The van der Waals surface area contributed by atoms with E-state index in [1.165, 1.54) is 5.56 Å². The van der Waals surface area contributed by atoms with Gasteiger partial charge in [0, 0.05) is 16.3 Å². The average molecular weight is 293 g/mol. The Labute approximate surface area is 111 Å². The maximum absolute atomic E-state index is 12.6. The van der Waals surface area contributed by atoms with Crippen LogP contribution in [0.5, 0.6) is 0 Å². The zero-order valence-corrected chi connectivity index (χ0v) is 11.5. The fraction of sp³-hybridized carbons (Fsp3) is 0.400. The van der Waals surface area contributed by atoms with E-state index in [-0.39, 0.29) is 5.41 Å². The normalized spacial score (nSPS) is 23.2. The summed E-state index contributed by atoms with van der Waals surface area (Å²) in [6.07, 6.45) is 5.65. The van der Waals surface area contributed by atoms with Crippen LogP contribution >= 0.6 is 15.9 Å². The highest BCUT2D eigenvalue weighted by atomic mass is 79.9. The van der Waals surface area contributed by atoms with Crippen molar-refractivity contribution in [2.45, 2.75) is 25.7 Å². The Balaban J connectivity index is 2.34. The van der Waals surface area contributed by atoms with Gasteiger partial charge in [0.1, 0.15) is 0 Å². The van der Waals surface area contributed by atoms with Crippen molar-refractivity contribution in [3.8, 4) is 0 Å². The molecule has 0 aliphatic heterocycles. The monoisotopic (exact) mass is 292 g/mol. The van der Waals surface area contributed by atoms with Gasteiger partial charge in [-0.15, -0.1) is 6.58 Å². The second kappa shape index (κ2) is 5.18. The van der Waals surface area contributed by atoms with Crippen LogP contribution in [0.3, 0.4) is 0 Å². The molecule has 1 aromatic carbocycles. The zero-order valence-electron chi connectivity index (χ0n) is 9.92. The highest BCUT2D eigenvalue weighted by Gasteiger charge is 2.40. The number of hydrogen-bond acceptors (Lipinski definition) is 1. The highest BCUT2D eigenvalue weighted by molar-refractivity contribution is 9.09. The van der Waals surface area contributed by atoms with Crippen LogP contribution < -0.4 is 0 Å². The summed E-state index contributed by atoms with van der Waals surface area (Å²) >= 11 is 3.54. The van der Waals surface area contributed by atoms with Gasteiger partial charge in [0.15, 0.2) is 5.78 Å². The third kappa shape index (κ3) is 2.23. The Hall–Kier alpha value is -0.890. The predicted octanol–water partition coefficient (Wildman–Crippen LogP) is 4.16. The Kier molecular flexibility index (Phi) is 3.82. The van der Waals surface area contributed by atoms with Crippen molar-refractivity contribution in [1.29, 1.82) is 0 Å². The molecule has 1 nitrogen and oxygen atoms in total. The first-order valence-corrected chi connectivity index (χ1v) is 7.15. The van der Waals surface area contributed by atoms with Crippen LogP contribution in [0.1, 0.15) is 35.2 Å². The van der Waals surface area contributed by atoms with Crippen molar-refractivity contribution >= 4 is 21.7 Å². The number of alkyl halides is 1. The molecule has 1 atom stereocenters. The molecule has 0 heterocycles. The predicted molar refractivity (Wildman–Crippen MR) is 74.8 cm³/mol. The minimum absolute atomic E-state index is 0.220. The Bertz CT molecular complexity index is 438. The summed E-state index contributed by atoms with van der Waals surface area (Å²) in [6.45, 7) is 3.75. The first kappa shape index (κ1) is 12.6. The molecule has 1 aliphatic rings. The molecule has 1 unspecified atom stereocenters. The van der Waals surface area contributed by atoms with Gasteiger partial charge in [-0.3, -0.25) is 4.79 Å². The number of fused-ring (bicyclic) bond motifs is 1. The van der Waals surface area contributed by atoms with Crippen LogP contribution in [0.4, 0.5) is 0 Å². The number of ketones is 1. The van der Waals surface area contributed by atoms with Gasteiger partial charge in [0.2, 0.25) is 0 Å². The Morgan fingerprint density at radius 2 is 2.18 bits per heavy atom. The lowest BCUT2D eigenvalue weighted by molar-refractivity contribution is 0.0781. The third-order valence-electron chi connectivity index (χ3n) is 3.70. The van der Waals surface area contributed by atoms with E-state index >= 15 is 0 Å². The summed E-state index contributed by atoms with van der Waals surface area (Å²) in [7, 11) is 0. The van der Waals surface area contributed by atoms with E-state index in [0.717, 1.165) is 36.6 Å². The van der Waals surface area contributed by atoms with E-state index in [0.29, 0.717) is 5.78 Å². The number of Topliss-reactive ketones (excluding diaryl/α,β-unsaturated/α-hetero) is 1. The number of allylic oxidation sites excluding steroid dienone is 1. The maximum atomic E-state index is 12.6. The summed E-state index contributed by atoms with van der Waals surface area (Å²) in [4.78, 5) is 12.6. The van der Waals surface area contributed by atoms with Gasteiger partial charge in [-0.05, 0) is 31.2 Å². The molecule has 1 aliphatic carbocycles. The van der Waals surface area contributed by atoms with E-state index in [2.05, 4.69) is 28.6 Å². The van der Waals surface area contributed by atoms with Gasteiger partial charge in [0.25, 0.3) is 0 Å². The number of benzene rings is 1. The van der Waals surface area contributed by atoms with Crippen LogP contribution in [0.25, 0.3) is 0 Å². The van der Waals surface area contributed by atoms with E-state index < -0.39 is 0 Å². The zero-order chi connectivity index (χ0) is 12.3. The van der Waals surface area contributed by atoms with Crippen molar-refractivity contribution < 1.29 is 4.79 Å². The standard InChI is InChI=1S/C15H17BrO/c1-2-3-9-15(11-16)10-8-12-6-4-5-7-13(12)14(15)17/h2,4-7H,1,3,8-11H2.